The zero-order valence-electron chi connectivity index (χ0n) is 17.1. The van der Waals surface area contributed by atoms with Crippen LogP contribution in [0.4, 0.5) is 4.39 Å². The van der Waals surface area contributed by atoms with Gasteiger partial charge >= 0.3 is 0 Å². The normalized spacial score (nSPS) is 18.5. The van der Waals surface area contributed by atoms with Crippen LogP contribution in [0, 0.1) is 11.2 Å². The van der Waals surface area contributed by atoms with Crippen LogP contribution in [0.2, 0.25) is 0 Å². The highest BCUT2D eigenvalue weighted by atomic mass is 35.5. The van der Waals surface area contributed by atoms with Crippen molar-refractivity contribution in [2.24, 2.45) is 5.41 Å². The Morgan fingerprint density at radius 2 is 1.97 bits per heavy atom. The Labute approximate surface area is 184 Å². The van der Waals surface area contributed by atoms with E-state index >= 15 is 0 Å². The van der Waals surface area contributed by atoms with Gasteiger partial charge in [0.25, 0.3) is 11.1 Å². The molecule has 7 heteroatoms. The number of hydrogen-bond donors (Lipinski definition) is 0. The fourth-order valence-corrected chi connectivity index (χ4v) is 4.05. The Balaban J connectivity index is 1.67. The van der Waals surface area contributed by atoms with Gasteiger partial charge in [0.05, 0.1) is 12.2 Å². The van der Waals surface area contributed by atoms with Gasteiger partial charge < -0.3 is 9.26 Å². The molecular weight excluding hydrogens is 419 g/mol. The van der Waals surface area contributed by atoms with Gasteiger partial charge in [0.1, 0.15) is 5.82 Å². The van der Waals surface area contributed by atoms with E-state index in [1.54, 1.807) is 7.11 Å². The minimum atomic E-state index is -0.858. The highest BCUT2D eigenvalue weighted by Crippen LogP contribution is 2.45. The Kier molecular flexibility index (Phi) is 5.85. The molecule has 1 unspecified atom stereocenters. The molecule has 1 aliphatic rings. The maximum absolute atomic E-state index is 14.1. The molecule has 1 heterocycles. The highest BCUT2D eigenvalue weighted by molar-refractivity contribution is 6.67. The van der Waals surface area contributed by atoms with Crippen LogP contribution in [0.5, 0.6) is 0 Å². The maximum Gasteiger partial charge on any atom is 0.255 e. The largest absolute Gasteiger partial charge is 0.384 e. The van der Waals surface area contributed by atoms with E-state index < -0.39 is 11.1 Å². The molecule has 31 heavy (non-hydrogen) atoms. The van der Waals surface area contributed by atoms with Gasteiger partial charge in [-0.15, -0.1) is 0 Å². The summed E-state index contributed by atoms with van der Waals surface area (Å²) in [6.45, 7) is 2.65. The fourth-order valence-electron chi connectivity index (χ4n) is 3.90. The molecule has 3 aromatic rings. The highest BCUT2D eigenvalue weighted by Gasteiger charge is 2.35. The first-order valence-electron chi connectivity index (χ1n) is 9.71. The summed E-state index contributed by atoms with van der Waals surface area (Å²) in [5, 5.41) is 3.13. The van der Waals surface area contributed by atoms with Gasteiger partial charge in [0, 0.05) is 23.7 Å². The number of allylic oxidation sites excluding steroid dienone is 3. The summed E-state index contributed by atoms with van der Waals surface area (Å²) in [5.41, 5.74) is 3.08. The fraction of sp³-hybridized carbons (Fsp3) is 0.208. The zero-order chi connectivity index (χ0) is 22.0. The average Bonchev–Trinajstić information content (AvgIpc) is 3.24. The molecule has 2 aromatic carbocycles. The second-order valence-electron chi connectivity index (χ2n) is 7.70. The molecule has 1 atom stereocenters. The number of methoxy groups -OCH3 is 1. The van der Waals surface area contributed by atoms with Gasteiger partial charge in [-0.3, -0.25) is 4.79 Å². The number of benzene rings is 2. The standard InChI is InChI=1S/C24H20ClFN2O3/c1-24(14-30-2)13-17(9-11-19(24)15-6-4-3-5-7-15)23-27-22(28-31-23)16-8-10-18(21(25)29)20(26)12-16/h3-12H,13-14H2,1-2H3. The summed E-state index contributed by atoms with van der Waals surface area (Å²) in [6.07, 6.45) is 4.65. The number of carbonyl (C=O) groups is 1. The quantitative estimate of drug-likeness (QED) is 0.456. The smallest absolute Gasteiger partial charge is 0.255 e. The monoisotopic (exact) mass is 438 g/mol. The van der Waals surface area contributed by atoms with E-state index in [1.165, 1.54) is 23.8 Å². The van der Waals surface area contributed by atoms with Crippen LogP contribution in [0.1, 0.15) is 35.2 Å². The Bertz CT molecular complexity index is 1190. The number of nitrogens with zero attached hydrogens (tertiary/aromatic N) is 2. The van der Waals surface area contributed by atoms with Crippen molar-refractivity contribution < 1.29 is 18.4 Å². The van der Waals surface area contributed by atoms with Crippen molar-refractivity contribution in [3.63, 3.8) is 0 Å². The first kappa shape index (κ1) is 21.2. The van der Waals surface area contributed by atoms with E-state index in [0.29, 0.717) is 24.5 Å². The van der Waals surface area contributed by atoms with Crippen LogP contribution in [0.25, 0.3) is 22.5 Å². The average molecular weight is 439 g/mol. The Morgan fingerprint density at radius 1 is 1.19 bits per heavy atom. The second kappa shape index (κ2) is 8.57. The van der Waals surface area contributed by atoms with Gasteiger partial charge in [0.2, 0.25) is 5.82 Å². The molecule has 0 amide bonds. The summed E-state index contributed by atoms with van der Waals surface area (Å²) < 4.78 is 25.1. The molecule has 0 aliphatic heterocycles. The van der Waals surface area contributed by atoms with E-state index in [4.69, 9.17) is 20.9 Å². The van der Waals surface area contributed by atoms with Crippen LogP contribution in [-0.4, -0.2) is 29.1 Å². The lowest BCUT2D eigenvalue weighted by Gasteiger charge is -2.34. The summed E-state index contributed by atoms with van der Waals surface area (Å²) in [6, 6.07) is 14.2. The maximum atomic E-state index is 14.1. The van der Waals surface area contributed by atoms with Gasteiger partial charge in [-0.2, -0.15) is 4.98 Å². The van der Waals surface area contributed by atoms with Gasteiger partial charge in [0.15, 0.2) is 0 Å². The number of ether oxygens (including phenoxy) is 1. The van der Waals surface area contributed by atoms with Gasteiger partial charge in [-0.25, -0.2) is 4.39 Å². The predicted molar refractivity (Wildman–Crippen MR) is 117 cm³/mol. The zero-order valence-corrected chi connectivity index (χ0v) is 17.8. The Hall–Kier alpha value is -3.09. The van der Waals surface area contributed by atoms with Crippen molar-refractivity contribution in [2.75, 3.05) is 13.7 Å². The van der Waals surface area contributed by atoms with E-state index in [2.05, 4.69) is 35.3 Å². The van der Waals surface area contributed by atoms with Gasteiger partial charge in [-0.1, -0.05) is 60.6 Å². The molecule has 1 aliphatic carbocycles. The molecule has 0 spiro atoms. The first-order chi connectivity index (χ1) is 14.9. The molecular formula is C24H20ClFN2O3. The lowest BCUT2D eigenvalue weighted by atomic mass is 9.71. The second-order valence-corrected chi connectivity index (χ2v) is 8.04. The molecule has 1 aromatic heterocycles. The van der Waals surface area contributed by atoms with Crippen molar-refractivity contribution >= 4 is 28.0 Å². The van der Waals surface area contributed by atoms with E-state index in [0.717, 1.165) is 11.1 Å². The van der Waals surface area contributed by atoms with Crippen LogP contribution in [0.15, 0.2) is 65.2 Å². The van der Waals surface area contributed by atoms with Crippen molar-refractivity contribution in [3.05, 3.63) is 83.5 Å². The number of halogens is 2. The van der Waals surface area contributed by atoms with Crippen molar-refractivity contribution in [1.82, 2.24) is 10.1 Å². The summed E-state index contributed by atoms with van der Waals surface area (Å²) in [5.74, 6) is -0.142. The number of carbonyl (C=O) groups excluding carboxylic acids is 1. The predicted octanol–water partition coefficient (Wildman–Crippen LogP) is 5.78. The molecule has 0 fully saturated rings. The molecule has 0 radical (unpaired) electrons. The van der Waals surface area contributed by atoms with Crippen LogP contribution >= 0.6 is 11.6 Å². The lowest BCUT2D eigenvalue weighted by molar-refractivity contribution is 0.107. The minimum Gasteiger partial charge on any atom is -0.384 e. The third-order valence-corrected chi connectivity index (χ3v) is 5.57. The van der Waals surface area contributed by atoms with Crippen LogP contribution < -0.4 is 0 Å². The number of hydrogen-bond acceptors (Lipinski definition) is 5. The van der Waals surface area contributed by atoms with Gasteiger partial charge in [-0.05, 0) is 41.3 Å². The van der Waals surface area contributed by atoms with Crippen molar-refractivity contribution in [2.45, 2.75) is 13.3 Å². The van der Waals surface area contributed by atoms with E-state index in [9.17, 15) is 9.18 Å². The van der Waals surface area contributed by atoms with Crippen molar-refractivity contribution in [3.8, 4) is 11.4 Å². The number of aromatic nitrogens is 2. The molecule has 0 saturated carbocycles. The van der Waals surface area contributed by atoms with E-state index in [1.807, 2.05) is 24.3 Å². The Morgan fingerprint density at radius 3 is 2.65 bits per heavy atom. The molecule has 0 saturated heterocycles. The third kappa shape index (κ3) is 4.22. The molecule has 4 rings (SSSR count). The van der Waals surface area contributed by atoms with Crippen LogP contribution in [0.3, 0.4) is 0 Å². The molecule has 158 valence electrons. The lowest BCUT2D eigenvalue weighted by Crippen LogP contribution is -2.27. The first-order valence-corrected chi connectivity index (χ1v) is 10.1. The molecule has 0 N–H and O–H groups in total. The van der Waals surface area contributed by atoms with E-state index in [-0.39, 0.29) is 16.8 Å². The SMILES string of the molecule is COCC1(C)CC(c2nc(-c3ccc(C(=O)Cl)c(F)c3)no2)=CC=C1c1ccccc1. The third-order valence-electron chi connectivity index (χ3n) is 5.37. The van der Waals surface area contributed by atoms with Crippen molar-refractivity contribution in [1.29, 1.82) is 0 Å². The molecule has 5 nitrogen and oxygen atoms in total. The van der Waals surface area contributed by atoms with Crippen LogP contribution in [-0.2, 0) is 4.74 Å². The summed E-state index contributed by atoms with van der Waals surface area (Å²) >= 11 is 5.37. The summed E-state index contributed by atoms with van der Waals surface area (Å²) in [7, 11) is 1.68. The number of rotatable bonds is 6. The molecule has 0 bridgehead atoms. The minimum absolute atomic E-state index is 0.196. The topological polar surface area (TPSA) is 65.2 Å². The summed E-state index contributed by atoms with van der Waals surface area (Å²) in [4.78, 5) is 15.7.